The number of Topliss-reactive ketones (excluding diaryl/α,β-unsaturated/α-hetero) is 1. The molecule has 0 saturated heterocycles. The Hall–Kier alpha value is -12.8. The van der Waals surface area contributed by atoms with Crippen molar-refractivity contribution in [1.82, 2.24) is 0 Å². The molecule has 6 aliphatic carbocycles. The maximum atomic E-state index is 11.8. The highest BCUT2D eigenvalue weighted by molar-refractivity contribution is 6.01. The lowest BCUT2D eigenvalue weighted by Gasteiger charge is -2.11. The van der Waals surface area contributed by atoms with Gasteiger partial charge in [0.25, 0.3) is 0 Å². The summed E-state index contributed by atoms with van der Waals surface area (Å²) in [5.41, 5.74) is 48.3. The number of ketones is 1. The fraction of sp³-hybridized carbons (Fsp3) is 0.281. The molecule has 6 aliphatic rings. The zero-order chi connectivity index (χ0) is 92.1. The van der Waals surface area contributed by atoms with Crippen LogP contribution in [0.2, 0.25) is 0 Å². The van der Waals surface area contributed by atoms with E-state index in [-0.39, 0.29) is 5.78 Å². The number of carbonyl (C=O) groups excluding carboxylic acids is 1. The number of phenolic OH excluding ortho intramolecular Hbond substituents is 6. The molecule has 0 aliphatic heterocycles. The average Bonchev–Trinajstić information content (AvgIpc) is 1.56. The molecule has 0 radical (unpaired) electrons. The molecule has 0 bridgehead atoms. The number of aryl methyl sites for hydroxylation is 20. The number of rotatable bonds is 8. The number of aromatic hydroxyl groups is 6. The van der Waals surface area contributed by atoms with Gasteiger partial charge in [0, 0.05) is 12.0 Å². The first-order valence-corrected chi connectivity index (χ1v) is 46.3. The quantitative estimate of drug-likeness (QED) is 0.0792. The minimum Gasteiger partial charge on any atom is -0.507 e. The molecule has 14 aromatic carbocycles. The summed E-state index contributed by atoms with van der Waals surface area (Å²) < 4.78 is 0. The minimum atomic E-state index is -0.442. The Balaban J connectivity index is 0.000000122. The lowest BCUT2D eigenvalue weighted by atomic mass is 9.95. The van der Waals surface area contributed by atoms with E-state index in [9.17, 15) is 40.5 Å². The molecular weight excluding hydrogens is 1580 g/mol. The van der Waals surface area contributed by atoms with E-state index in [4.69, 9.17) is 0 Å². The van der Waals surface area contributed by atoms with Crippen LogP contribution in [0.3, 0.4) is 0 Å². The molecule has 0 fully saturated rings. The monoisotopic (exact) mass is 1710 g/mol. The van der Waals surface area contributed by atoms with E-state index in [1.54, 1.807) is 18.1 Å². The number of carbonyl (C=O) groups is 1. The van der Waals surface area contributed by atoms with Crippen molar-refractivity contribution in [1.29, 1.82) is 0 Å². The summed E-state index contributed by atoms with van der Waals surface area (Å²) in [6.07, 6.45) is 17.7. The first-order valence-electron chi connectivity index (χ1n) is 46.3. The van der Waals surface area contributed by atoms with E-state index < -0.39 is 6.10 Å². The summed E-state index contributed by atoms with van der Waals surface area (Å²) in [4.78, 5) is 11.8. The molecule has 20 rings (SSSR count). The number of benzene rings is 14. The van der Waals surface area contributed by atoms with E-state index >= 15 is 0 Å². The van der Waals surface area contributed by atoms with Crippen LogP contribution < -0.4 is 0 Å². The molecule has 0 amide bonds. The van der Waals surface area contributed by atoms with Crippen LogP contribution in [0.5, 0.6) is 34.5 Å². The van der Waals surface area contributed by atoms with Crippen LogP contribution in [-0.2, 0) is 44.9 Å². The molecule has 0 heterocycles. The Bertz CT molecular complexity index is 6380. The molecule has 8 nitrogen and oxygen atoms in total. The van der Waals surface area contributed by atoms with Gasteiger partial charge < -0.3 is 35.7 Å². The smallest absolute Gasteiger partial charge is 0.163 e. The van der Waals surface area contributed by atoms with Crippen molar-refractivity contribution in [2.75, 3.05) is 0 Å². The highest BCUT2D eigenvalue weighted by Crippen LogP contribution is 2.43. The number of phenols is 6. The van der Waals surface area contributed by atoms with Gasteiger partial charge in [0.2, 0.25) is 0 Å². The van der Waals surface area contributed by atoms with Gasteiger partial charge in [-0.05, 0) is 483 Å². The van der Waals surface area contributed by atoms with Crippen LogP contribution >= 0.6 is 0 Å². The summed E-state index contributed by atoms with van der Waals surface area (Å²) in [5.74, 6) is 4.72. The molecule has 4 atom stereocenters. The van der Waals surface area contributed by atoms with Crippen LogP contribution in [-0.4, -0.2) is 41.5 Å². The normalized spacial score (nSPS) is 15.1. The molecule has 0 aromatic heterocycles. The second-order valence-corrected chi connectivity index (χ2v) is 37.6. The fourth-order valence-corrected chi connectivity index (χ4v) is 19.6. The SMILES string of the molecule is Cc1cc(-c2ccc(C(C)O)cc2)cc(C)c1O.Cc1cc(-c2ccc3c(c2)C(=O)CC3)cc(C)c1O.Cc1cc(-c2ccc3c(c2)C(C)CC3)cc(C)c1O.Cc1cc(-c2ccc3c(c2)CC=C3)cc(C)c1O.Cc1cc(-c2ccc3c(c2)CCC3)cc(C)c1O.Cc1cc(-c2ccc3c(c2)CCC3C)cc(C)c1O.Cc1cc(C)cc(-c2ccc3c(c2)CC[C@@H]3C)c1. The number of aliphatic hydroxyl groups is 1. The van der Waals surface area contributed by atoms with Crippen molar-refractivity contribution in [3.63, 3.8) is 0 Å². The van der Waals surface area contributed by atoms with Crippen molar-refractivity contribution in [2.45, 2.75) is 226 Å². The van der Waals surface area contributed by atoms with E-state index in [2.05, 4.69) is 198 Å². The van der Waals surface area contributed by atoms with Gasteiger partial charge in [-0.3, -0.25) is 4.79 Å². The van der Waals surface area contributed by atoms with Crippen LogP contribution in [0.1, 0.15) is 239 Å². The number of aliphatic hydroxyl groups excluding tert-OH is 1. The predicted molar refractivity (Wildman–Crippen MR) is 538 cm³/mol. The highest BCUT2D eigenvalue weighted by atomic mass is 16.3. The van der Waals surface area contributed by atoms with E-state index in [0.29, 0.717) is 52.8 Å². The Labute approximate surface area is 766 Å². The fourth-order valence-electron chi connectivity index (χ4n) is 19.6. The molecule has 3 unspecified atom stereocenters. The maximum absolute atomic E-state index is 11.8. The maximum Gasteiger partial charge on any atom is 0.163 e. The predicted octanol–water partition coefficient (Wildman–Crippen LogP) is 30.4. The van der Waals surface area contributed by atoms with Crippen molar-refractivity contribution < 1.29 is 40.5 Å². The summed E-state index contributed by atoms with van der Waals surface area (Å²) in [7, 11) is 0. The lowest BCUT2D eigenvalue weighted by molar-refractivity contribution is 0.0994. The standard InChI is InChI=1S/2C18H20O.C18H20.C17H16O2.C17H18O.C17H16O.C16H18O2/c1-11-4-5-15-10-14(6-7-17(11)15)16-8-12(2)18(19)13(3)9-16;1-11-4-5-14-6-7-15(10-17(11)14)16-8-12(2)18(19)13(3)9-16;1-12-8-13(2)10-17(9-12)15-6-7-18-14(3)4-5-16(18)11-15;1-10-7-14(8-11(2)17(10)19)13-4-3-12-5-6-16(18)15(12)9-13;2*1-11-8-16(9-12(2)17(11)18)15-7-6-13-4-3-5-14(13)10-15;1-10-8-15(9-11(2)16(10)18)14-6-4-13(5-7-14)12(3)17/h2*6-11,19H,4-5H2,1-3H3;6-11,14H,4-5H2,1-3H3;3-4,7-9,19H,5-6H2,1-2H3;6-10,18H,3-5H2,1-2H3;3-4,6-10,18H,5H2,1-2H3;4-9,12,17-18H,1-3H3/t;;14-;;;;/m..0..../s1. The van der Waals surface area contributed by atoms with Crippen LogP contribution in [0.25, 0.3) is 84.0 Å². The van der Waals surface area contributed by atoms with Gasteiger partial charge in [-0.2, -0.15) is 0 Å². The summed E-state index contributed by atoms with van der Waals surface area (Å²) >= 11 is 0. The molecular formula is C121H128O8. The number of hydrogen-bond donors (Lipinski definition) is 7. The van der Waals surface area contributed by atoms with Crippen molar-refractivity contribution in [3.05, 3.63) is 381 Å². The third kappa shape index (κ3) is 21.3. The highest BCUT2D eigenvalue weighted by Gasteiger charge is 2.25. The summed E-state index contributed by atoms with van der Waals surface area (Å²) in [6, 6.07) is 79.1. The molecule has 660 valence electrons. The zero-order valence-corrected chi connectivity index (χ0v) is 78.9. The third-order valence-corrected chi connectivity index (χ3v) is 27.4. The van der Waals surface area contributed by atoms with Gasteiger partial charge in [-0.1, -0.05) is 190 Å². The second-order valence-electron chi connectivity index (χ2n) is 37.6. The molecule has 8 heteroatoms. The first kappa shape index (κ1) is 92.4. The van der Waals surface area contributed by atoms with Crippen LogP contribution in [0.4, 0.5) is 0 Å². The Morgan fingerprint density at radius 3 is 0.984 bits per heavy atom. The topological polar surface area (TPSA) is 159 Å². The largest absolute Gasteiger partial charge is 0.507 e. The number of fused-ring (bicyclic) bond motifs is 6. The van der Waals surface area contributed by atoms with Gasteiger partial charge in [-0.15, -0.1) is 0 Å². The van der Waals surface area contributed by atoms with E-state index in [0.717, 1.165) is 124 Å². The van der Waals surface area contributed by atoms with Crippen LogP contribution in [0.15, 0.2) is 231 Å². The third-order valence-electron chi connectivity index (χ3n) is 27.4. The van der Waals surface area contributed by atoms with Crippen molar-refractivity contribution in [3.8, 4) is 112 Å². The van der Waals surface area contributed by atoms with Gasteiger partial charge in [0.15, 0.2) is 5.78 Å². The average molecular weight is 1710 g/mol. The lowest BCUT2D eigenvalue weighted by Crippen LogP contribution is -1.92. The molecule has 129 heavy (non-hydrogen) atoms. The van der Waals surface area contributed by atoms with Gasteiger partial charge in [0.1, 0.15) is 34.5 Å². The van der Waals surface area contributed by atoms with Gasteiger partial charge in [-0.25, -0.2) is 0 Å². The first-order chi connectivity index (χ1) is 61.6. The van der Waals surface area contributed by atoms with E-state index in [1.807, 2.05) is 156 Å². The molecule has 0 saturated carbocycles. The Morgan fingerprint density at radius 2 is 0.574 bits per heavy atom. The minimum absolute atomic E-state index is 0.240. The molecule has 7 N–H and O–H groups in total. The van der Waals surface area contributed by atoms with Crippen LogP contribution in [0, 0.1) is 96.9 Å². The van der Waals surface area contributed by atoms with E-state index in [1.165, 1.54) is 169 Å². The molecule has 0 spiro atoms. The van der Waals surface area contributed by atoms with Crippen molar-refractivity contribution in [2.24, 2.45) is 0 Å². The van der Waals surface area contributed by atoms with Gasteiger partial charge in [0.05, 0.1) is 6.10 Å². The van der Waals surface area contributed by atoms with Gasteiger partial charge >= 0.3 is 0 Å². The Morgan fingerprint density at radius 1 is 0.264 bits per heavy atom. The molecule has 14 aromatic rings. The number of allylic oxidation sites excluding steroid dienone is 1. The second kappa shape index (κ2) is 39.9. The summed E-state index contributed by atoms with van der Waals surface area (Å²) in [5, 5.41) is 68.5. The van der Waals surface area contributed by atoms with Crippen molar-refractivity contribution >= 4 is 11.9 Å². The number of hydrogen-bond acceptors (Lipinski definition) is 8. The summed E-state index contributed by atoms with van der Waals surface area (Å²) in [6.45, 7) is 36.3. The zero-order valence-electron chi connectivity index (χ0n) is 78.9. The Kier molecular flexibility index (Phi) is 28.6.